The number of amides is 2. The molecule has 0 unspecified atom stereocenters. The van der Waals surface area contributed by atoms with E-state index in [-0.39, 0.29) is 44.5 Å². The summed E-state index contributed by atoms with van der Waals surface area (Å²) in [7, 11) is -2.07. The fourth-order valence-electron chi connectivity index (χ4n) is 3.67. The minimum absolute atomic E-state index is 0.0753. The fraction of sp³-hybridized carbons (Fsp3) is 0.391. The van der Waals surface area contributed by atoms with Crippen molar-refractivity contribution < 1.29 is 27.5 Å². The Hall–Kier alpha value is -2.79. The topological polar surface area (TPSA) is 105 Å². The van der Waals surface area contributed by atoms with Gasteiger partial charge in [0.05, 0.1) is 11.9 Å². The van der Waals surface area contributed by atoms with Gasteiger partial charge in [-0.2, -0.15) is 0 Å². The molecule has 1 aliphatic rings. The van der Waals surface area contributed by atoms with Crippen molar-refractivity contribution in [1.82, 2.24) is 10.2 Å². The van der Waals surface area contributed by atoms with E-state index in [1.165, 1.54) is 16.3 Å². The van der Waals surface area contributed by atoms with E-state index in [9.17, 15) is 18.0 Å². The predicted molar refractivity (Wildman–Crippen MR) is 132 cm³/mol. The number of fused-ring (bicyclic) bond motifs is 1. The molecule has 0 radical (unpaired) electrons. The van der Waals surface area contributed by atoms with E-state index in [1.807, 2.05) is 24.3 Å². The van der Waals surface area contributed by atoms with E-state index in [4.69, 9.17) is 9.47 Å². The minimum Gasteiger partial charge on any atom is -0.454 e. The maximum atomic E-state index is 13.1. The van der Waals surface area contributed by atoms with Crippen LogP contribution in [0.4, 0.5) is 5.69 Å². The number of rotatable bonds is 10. The van der Waals surface area contributed by atoms with Crippen LogP contribution in [-0.4, -0.2) is 57.8 Å². The summed E-state index contributed by atoms with van der Waals surface area (Å²) in [6, 6.07) is 11.7. The Morgan fingerprint density at radius 1 is 1.15 bits per heavy atom. The Bertz CT molecular complexity index is 1160. The molecule has 0 aliphatic carbocycles. The quantitative estimate of drug-likeness (QED) is 0.485. The van der Waals surface area contributed by atoms with Gasteiger partial charge in [0.2, 0.25) is 28.6 Å². The highest BCUT2D eigenvalue weighted by molar-refractivity contribution is 9.10. The highest BCUT2D eigenvalue weighted by atomic mass is 79.9. The SMILES string of the molecule is CNC(=O)[C@H](C)N(Cc1cccc(Br)c1)C(=O)CCCN(c1ccc2c(c1)OCO2)S(C)(=O)=O. The Labute approximate surface area is 208 Å². The van der Waals surface area contributed by atoms with Crippen molar-refractivity contribution in [3.05, 3.63) is 52.5 Å². The first-order valence-electron chi connectivity index (χ1n) is 10.7. The molecule has 0 saturated heterocycles. The van der Waals surface area contributed by atoms with E-state index >= 15 is 0 Å². The third kappa shape index (κ3) is 6.41. The van der Waals surface area contributed by atoms with Gasteiger partial charge in [-0.3, -0.25) is 13.9 Å². The summed E-state index contributed by atoms with van der Waals surface area (Å²) < 4.78 is 37.7. The van der Waals surface area contributed by atoms with Gasteiger partial charge in [0, 0.05) is 37.1 Å². The summed E-state index contributed by atoms with van der Waals surface area (Å²) in [5.41, 5.74) is 1.31. The molecule has 184 valence electrons. The second kappa shape index (κ2) is 11.1. The number of hydrogen-bond acceptors (Lipinski definition) is 6. The number of nitrogens with one attached hydrogen (secondary N) is 1. The first-order valence-corrected chi connectivity index (χ1v) is 13.4. The number of benzene rings is 2. The van der Waals surface area contributed by atoms with Crippen LogP contribution in [0.5, 0.6) is 11.5 Å². The van der Waals surface area contributed by atoms with Crippen LogP contribution in [0.1, 0.15) is 25.3 Å². The van der Waals surface area contributed by atoms with Crippen molar-refractivity contribution in [2.75, 3.05) is 30.9 Å². The summed E-state index contributed by atoms with van der Waals surface area (Å²) in [6.07, 6.45) is 1.47. The average molecular weight is 554 g/mol. The van der Waals surface area contributed by atoms with Gasteiger partial charge >= 0.3 is 0 Å². The smallest absolute Gasteiger partial charge is 0.242 e. The molecule has 0 aromatic heterocycles. The van der Waals surface area contributed by atoms with Crippen molar-refractivity contribution in [3.63, 3.8) is 0 Å². The van der Waals surface area contributed by atoms with Gasteiger partial charge in [-0.25, -0.2) is 8.42 Å². The third-order valence-electron chi connectivity index (χ3n) is 5.45. The van der Waals surface area contributed by atoms with Crippen LogP contribution in [0.15, 0.2) is 46.9 Å². The first kappa shape index (κ1) is 25.8. The first-order chi connectivity index (χ1) is 16.1. The lowest BCUT2D eigenvalue weighted by Crippen LogP contribution is -2.46. The number of nitrogens with zero attached hydrogens (tertiary/aromatic N) is 2. The molecule has 1 atom stereocenters. The summed E-state index contributed by atoms with van der Waals surface area (Å²) in [6.45, 7) is 2.11. The maximum absolute atomic E-state index is 13.1. The van der Waals surface area contributed by atoms with E-state index in [0.29, 0.717) is 17.2 Å². The Morgan fingerprint density at radius 3 is 2.56 bits per heavy atom. The van der Waals surface area contributed by atoms with Gasteiger partial charge in [-0.15, -0.1) is 0 Å². The second-order valence-electron chi connectivity index (χ2n) is 7.92. The molecular formula is C23H28BrN3O6S. The van der Waals surface area contributed by atoms with Gasteiger partial charge in [-0.1, -0.05) is 28.1 Å². The third-order valence-corrected chi connectivity index (χ3v) is 7.14. The van der Waals surface area contributed by atoms with Crippen molar-refractivity contribution in [3.8, 4) is 11.5 Å². The van der Waals surface area contributed by atoms with E-state index in [1.54, 1.807) is 25.1 Å². The molecule has 0 spiro atoms. The lowest BCUT2D eigenvalue weighted by molar-refractivity contribution is -0.140. The molecule has 0 fully saturated rings. The van der Waals surface area contributed by atoms with Crippen LogP contribution < -0.4 is 19.1 Å². The number of carbonyl (C=O) groups excluding carboxylic acids is 2. The highest BCUT2D eigenvalue weighted by Gasteiger charge is 2.26. The zero-order chi connectivity index (χ0) is 24.9. The van der Waals surface area contributed by atoms with Gasteiger partial charge in [0.25, 0.3) is 0 Å². The molecular weight excluding hydrogens is 526 g/mol. The van der Waals surface area contributed by atoms with Crippen molar-refractivity contribution in [2.45, 2.75) is 32.4 Å². The standard InChI is InChI=1S/C23H28BrN3O6S/c1-16(23(29)25-2)26(14-17-6-4-7-18(24)12-17)22(28)8-5-11-27(34(3,30)31)19-9-10-20-21(13-19)33-15-32-20/h4,6-7,9-10,12-13,16H,5,8,11,14-15H2,1-3H3,(H,25,29)/t16-/m0/s1. The van der Waals surface area contributed by atoms with Crippen molar-refractivity contribution >= 4 is 43.5 Å². The number of anilines is 1. The van der Waals surface area contributed by atoms with Gasteiger partial charge in [0.1, 0.15) is 6.04 Å². The van der Waals surface area contributed by atoms with Crippen LogP contribution in [-0.2, 0) is 26.2 Å². The maximum Gasteiger partial charge on any atom is 0.242 e. The average Bonchev–Trinajstić information content (AvgIpc) is 3.26. The number of carbonyl (C=O) groups is 2. The molecule has 2 amide bonds. The summed E-state index contributed by atoms with van der Waals surface area (Å²) in [4.78, 5) is 26.9. The van der Waals surface area contributed by atoms with Gasteiger partial charge in [0.15, 0.2) is 11.5 Å². The summed E-state index contributed by atoms with van der Waals surface area (Å²) in [5, 5.41) is 2.58. The zero-order valence-electron chi connectivity index (χ0n) is 19.3. The molecule has 2 aromatic carbocycles. The summed E-state index contributed by atoms with van der Waals surface area (Å²) in [5.74, 6) is 0.511. The zero-order valence-corrected chi connectivity index (χ0v) is 21.7. The van der Waals surface area contributed by atoms with Gasteiger partial charge in [-0.05, 0) is 43.2 Å². The number of ether oxygens (including phenoxy) is 2. The second-order valence-corrected chi connectivity index (χ2v) is 10.7. The molecule has 0 saturated carbocycles. The molecule has 3 rings (SSSR count). The Morgan fingerprint density at radius 2 is 1.88 bits per heavy atom. The molecule has 2 aromatic rings. The lowest BCUT2D eigenvalue weighted by Gasteiger charge is -2.29. The number of likely N-dealkylation sites (N-methyl/N-ethyl adjacent to an activating group) is 1. The van der Waals surface area contributed by atoms with Crippen LogP contribution in [0, 0.1) is 0 Å². The molecule has 1 heterocycles. The minimum atomic E-state index is -3.60. The van der Waals surface area contributed by atoms with Gasteiger partial charge < -0.3 is 19.7 Å². The molecule has 34 heavy (non-hydrogen) atoms. The number of sulfonamides is 1. The highest BCUT2D eigenvalue weighted by Crippen LogP contribution is 2.36. The largest absolute Gasteiger partial charge is 0.454 e. The normalized spacial score (nSPS) is 13.3. The predicted octanol–water partition coefficient (Wildman–Crippen LogP) is 2.89. The van der Waals surface area contributed by atoms with Crippen molar-refractivity contribution in [2.24, 2.45) is 0 Å². The van der Waals surface area contributed by atoms with Crippen LogP contribution in [0.3, 0.4) is 0 Å². The fourth-order valence-corrected chi connectivity index (χ4v) is 5.07. The Balaban J connectivity index is 1.72. The van der Waals surface area contributed by atoms with E-state index in [2.05, 4.69) is 21.2 Å². The molecule has 0 bridgehead atoms. The van der Waals surface area contributed by atoms with E-state index < -0.39 is 16.1 Å². The van der Waals surface area contributed by atoms with Crippen LogP contribution >= 0.6 is 15.9 Å². The van der Waals surface area contributed by atoms with Crippen LogP contribution in [0.2, 0.25) is 0 Å². The number of halogens is 1. The monoisotopic (exact) mass is 553 g/mol. The van der Waals surface area contributed by atoms with Crippen molar-refractivity contribution in [1.29, 1.82) is 0 Å². The molecule has 1 aliphatic heterocycles. The number of hydrogen-bond donors (Lipinski definition) is 1. The van der Waals surface area contributed by atoms with Crippen LogP contribution in [0.25, 0.3) is 0 Å². The molecule has 9 nitrogen and oxygen atoms in total. The van der Waals surface area contributed by atoms with E-state index in [0.717, 1.165) is 16.3 Å². The summed E-state index contributed by atoms with van der Waals surface area (Å²) >= 11 is 3.42. The Kier molecular flexibility index (Phi) is 8.42. The lowest BCUT2D eigenvalue weighted by atomic mass is 10.1. The molecule has 1 N–H and O–H groups in total. The molecule has 11 heteroatoms.